The minimum absolute atomic E-state index is 0.209. The third-order valence-electron chi connectivity index (χ3n) is 3.14. The Morgan fingerprint density at radius 3 is 2.68 bits per heavy atom. The van der Waals surface area contributed by atoms with Crippen LogP contribution in [0.15, 0.2) is 53.2 Å². The van der Waals surface area contributed by atoms with Crippen LogP contribution in [0.3, 0.4) is 0 Å². The van der Waals surface area contributed by atoms with Gasteiger partial charge in [0.1, 0.15) is 0 Å². The largest absolute Gasteiger partial charge is 0.402 e. The molecule has 0 aliphatic carbocycles. The van der Waals surface area contributed by atoms with Crippen LogP contribution >= 0.6 is 23.2 Å². The summed E-state index contributed by atoms with van der Waals surface area (Å²) in [6.45, 7) is 1.96. The molecule has 2 aromatic rings. The minimum atomic E-state index is -0.498. The van der Waals surface area contributed by atoms with E-state index in [9.17, 15) is 4.79 Å². The molecule has 1 heterocycles. The molecule has 0 saturated heterocycles. The smallest absolute Gasteiger partial charge is 0.363 e. The molecule has 110 valence electrons. The lowest BCUT2D eigenvalue weighted by molar-refractivity contribution is -0.129. The van der Waals surface area contributed by atoms with Crippen molar-refractivity contribution in [3.63, 3.8) is 0 Å². The molecule has 0 radical (unpaired) electrons. The number of aliphatic imine (C=N–C) groups is 1. The van der Waals surface area contributed by atoms with Gasteiger partial charge in [-0.3, -0.25) is 0 Å². The highest BCUT2D eigenvalue weighted by Crippen LogP contribution is 2.25. The Morgan fingerprint density at radius 1 is 1.14 bits per heavy atom. The van der Waals surface area contributed by atoms with Gasteiger partial charge in [-0.05, 0) is 42.8 Å². The molecule has 0 atom stereocenters. The Morgan fingerprint density at radius 2 is 1.95 bits per heavy atom. The number of benzene rings is 2. The number of halogens is 2. The molecule has 0 spiro atoms. The number of cyclic esters (lactones) is 1. The second-order valence-electron chi connectivity index (χ2n) is 4.87. The third-order valence-corrected chi connectivity index (χ3v) is 3.70. The van der Waals surface area contributed by atoms with Gasteiger partial charge in [0.25, 0.3) is 0 Å². The number of aryl methyl sites for hydroxylation is 1. The number of hydrogen-bond acceptors (Lipinski definition) is 3. The number of esters is 1. The predicted octanol–water partition coefficient (Wildman–Crippen LogP) is 4.65. The zero-order valence-corrected chi connectivity index (χ0v) is 13.2. The second-order valence-corrected chi connectivity index (χ2v) is 5.72. The quantitative estimate of drug-likeness (QED) is 0.593. The van der Waals surface area contributed by atoms with Crippen molar-refractivity contribution in [3.8, 4) is 0 Å². The highest BCUT2D eigenvalue weighted by molar-refractivity contribution is 6.35. The van der Waals surface area contributed by atoms with Crippen LogP contribution in [0.2, 0.25) is 10.0 Å². The number of hydrogen-bond donors (Lipinski definition) is 0. The summed E-state index contributed by atoms with van der Waals surface area (Å²) < 4.78 is 5.22. The Labute approximate surface area is 137 Å². The summed E-state index contributed by atoms with van der Waals surface area (Å²) in [7, 11) is 0. The molecule has 1 aliphatic rings. The maximum Gasteiger partial charge on any atom is 0.363 e. The Hall–Kier alpha value is -2.10. The number of carbonyl (C=O) groups excluding carboxylic acids is 1. The van der Waals surface area contributed by atoms with Crippen LogP contribution in [0, 0.1) is 6.92 Å². The lowest BCUT2D eigenvalue weighted by Crippen LogP contribution is -2.05. The zero-order chi connectivity index (χ0) is 15.7. The van der Waals surface area contributed by atoms with E-state index in [1.54, 1.807) is 24.3 Å². The van der Waals surface area contributed by atoms with Crippen molar-refractivity contribution in [3.05, 3.63) is 74.9 Å². The van der Waals surface area contributed by atoms with Gasteiger partial charge >= 0.3 is 5.97 Å². The van der Waals surface area contributed by atoms with Crippen LogP contribution in [0.25, 0.3) is 6.08 Å². The van der Waals surface area contributed by atoms with Crippen molar-refractivity contribution in [1.29, 1.82) is 0 Å². The lowest BCUT2D eigenvalue weighted by Gasteiger charge is -1.99. The van der Waals surface area contributed by atoms with Crippen molar-refractivity contribution in [2.24, 2.45) is 4.99 Å². The molecular weight excluding hydrogens is 321 g/mol. The van der Waals surface area contributed by atoms with Gasteiger partial charge in [-0.1, -0.05) is 47.0 Å². The molecule has 0 N–H and O–H groups in total. The van der Waals surface area contributed by atoms with Crippen molar-refractivity contribution in [1.82, 2.24) is 0 Å². The van der Waals surface area contributed by atoms with E-state index in [1.807, 2.05) is 31.2 Å². The maximum atomic E-state index is 12.0. The van der Waals surface area contributed by atoms with Crippen molar-refractivity contribution in [2.45, 2.75) is 6.92 Å². The molecular formula is C17H11Cl2NO2. The molecule has 0 unspecified atom stereocenters. The molecule has 22 heavy (non-hydrogen) atoms. The predicted molar refractivity (Wildman–Crippen MR) is 88.2 cm³/mol. The summed E-state index contributed by atoms with van der Waals surface area (Å²) in [6, 6.07) is 12.6. The van der Waals surface area contributed by atoms with Crippen LogP contribution in [0.5, 0.6) is 0 Å². The minimum Gasteiger partial charge on any atom is -0.402 e. The summed E-state index contributed by atoms with van der Waals surface area (Å²) in [5.74, 6) is -0.201. The van der Waals surface area contributed by atoms with Crippen LogP contribution in [-0.4, -0.2) is 11.9 Å². The number of ether oxygens (including phenoxy) is 1. The SMILES string of the molecule is Cc1cccc(C2=N/C(=C/c3ccc(Cl)cc3Cl)C(=O)O2)c1. The van der Waals surface area contributed by atoms with Crippen molar-refractivity contribution in [2.75, 3.05) is 0 Å². The van der Waals surface area contributed by atoms with E-state index in [2.05, 4.69) is 4.99 Å². The molecule has 5 heteroatoms. The van der Waals surface area contributed by atoms with E-state index in [0.29, 0.717) is 21.5 Å². The summed E-state index contributed by atoms with van der Waals surface area (Å²) in [4.78, 5) is 16.2. The highest BCUT2D eigenvalue weighted by Gasteiger charge is 2.24. The van der Waals surface area contributed by atoms with Crippen LogP contribution < -0.4 is 0 Å². The van der Waals surface area contributed by atoms with Gasteiger partial charge in [-0.25, -0.2) is 9.79 Å². The first-order valence-corrected chi connectivity index (χ1v) is 7.33. The van der Waals surface area contributed by atoms with Gasteiger partial charge < -0.3 is 4.74 Å². The van der Waals surface area contributed by atoms with E-state index < -0.39 is 5.97 Å². The third kappa shape index (κ3) is 3.06. The van der Waals surface area contributed by atoms with E-state index in [-0.39, 0.29) is 5.70 Å². The highest BCUT2D eigenvalue weighted by atomic mass is 35.5. The average Bonchev–Trinajstić information content (AvgIpc) is 2.83. The summed E-state index contributed by atoms with van der Waals surface area (Å²) >= 11 is 12.0. The molecule has 0 fully saturated rings. The van der Waals surface area contributed by atoms with Gasteiger partial charge in [0.15, 0.2) is 5.70 Å². The maximum absolute atomic E-state index is 12.0. The first-order chi connectivity index (χ1) is 10.5. The molecule has 3 nitrogen and oxygen atoms in total. The van der Waals surface area contributed by atoms with Gasteiger partial charge in [-0.2, -0.15) is 0 Å². The van der Waals surface area contributed by atoms with E-state index >= 15 is 0 Å². The first-order valence-electron chi connectivity index (χ1n) is 6.57. The van der Waals surface area contributed by atoms with Crippen molar-refractivity contribution < 1.29 is 9.53 Å². The number of rotatable bonds is 2. The average molecular weight is 332 g/mol. The van der Waals surface area contributed by atoms with Gasteiger partial charge in [0.2, 0.25) is 5.90 Å². The van der Waals surface area contributed by atoms with Gasteiger partial charge in [0, 0.05) is 15.6 Å². The Balaban J connectivity index is 1.97. The fourth-order valence-corrected chi connectivity index (χ4v) is 2.54. The first kappa shape index (κ1) is 14.8. The van der Waals surface area contributed by atoms with Gasteiger partial charge in [-0.15, -0.1) is 0 Å². The van der Waals surface area contributed by atoms with Gasteiger partial charge in [0.05, 0.1) is 0 Å². The van der Waals surface area contributed by atoms with Crippen LogP contribution in [0.4, 0.5) is 0 Å². The zero-order valence-electron chi connectivity index (χ0n) is 11.6. The molecule has 3 rings (SSSR count). The lowest BCUT2D eigenvalue weighted by atomic mass is 10.1. The fourth-order valence-electron chi connectivity index (χ4n) is 2.08. The number of nitrogens with zero attached hydrogens (tertiary/aromatic N) is 1. The van der Waals surface area contributed by atoms with Crippen molar-refractivity contribution >= 4 is 41.1 Å². The van der Waals surface area contributed by atoms with Crippen LogP contribution in [0.1, 0.15) is 16.7 Å². The normalized spacial score (nSPS) is 15.9. The summed E-state index contributed by atoms with van der Waals surface area (Å²) in [5.41, 5.74) is 2.70. The monoisotopic (exact) mass is 331 g/mol. The van der Waals surface area contributed by atoms with E-state index in [0.717, 1.165) is 11.1 Å². The topological polar surface area (TPSA) is 38.7 Å². The van der Waals surface area contributed by atoms with Crippen LogP contribution in [-0.2, 0) is 9.53 Å². The summed E-state index contributed by atoms with van der Waals surface area (Å²) in [6.07, 6.45) is 1.59. The fraction of sp³-hybridized carbons (Fsp3) is 0.0588. The molecule has 1 aliphatic heterocycles. The van der Waals surface area contributed by atoms with E-state index in [1.165, 1.54) is 0 Å². The Kier molecular flexibility index (Phi) is 4.01. The molecule has 0 saturated carbocycles. The molecule has 2 aromatic carbocycles. The molecule has 0 aromatic heterocycles. The summed E-state index contributed by atoms with van der Waals surface area (Å²) in [5, 5.41) is 0.983. The second kappa shape index (κ2) is 5.95. The molecule has 0 bridgehead atoms. The standard InChI is InChI=1S/C17H11Cl2NO2/c1-10-3-2-4-12(7-10)16-20-15(17(21)22-16)8-11-5-6-13(18)9-14(11)19/h2-9H,1H3/b15-8+. The number of carbonyl (C=O) groups is 1. The Bertz CT molecular complexity index is 825. The molecule has 0 amide bonds. The van der Waals surface area contributed by atoms with E-state index in [4.69, 9.17) is 27.9 Å².